The number of amides is 2. The first-order chi connectivity index (χ1) is 6.26. The van der Waals surface area contributed by atoms with Crippen LogP contribution in [0.25, 0.3) is 0 Å². The molecule has 0 aliphatic carbocycles. The molecular formula is C8H10N2O2S. The van der Waals surface area contributed by atoms with E-state index >= 15 is 0 Å². The van der Waals surface area contributed by atoms with Gasteiger partial charge in [0, 0.05) is 10.6 Å². The summed E-state index contributed by atoms with van der Waals surface area (Å²) >= 11 is 1.58. The number of hydrogen-bond acceptors (Lipinski definition) is 3. The van der Waals surface area contributed by atoms with E-state index in [0.29, 0.717) is 5.69 Å². The van der Waals surface area contributed by atoms with Crippen molar-refractivity contribution in [3.63, 3.8) is 0 Å². The molecule has 0 saturated carbocycles. The van der Waals surface area contributed by atoms with E-state index in [-0.39, 0.29) is 0 Å². The molecule has 0 heterocycles. The zero-order chi connectivity index (χ0) is 9.68. The summed E-state index contributed by atoms with van der Waals surface area (Å²) in [4.78, 5) is 11.8. The number of benzene rings is 1. The first-order valence-corrected chi connectivity index (χ1v) is 4.84. The summed E-state index contributed by atoms with van der Waals surface area (Å²) in [7, 11) is 0. The topological polar surface area (TPSA) is 61.4 Å². The summed E-state index contributed by atoms with van der Waals surface area (Å²) < 4.78 is 0. The highest BCUT2D eigenvalue weighted by Crippen LogP contribution is 2.18. The van der Waals surface area contributed by atoms with Crippen LogP contribution in [0.4, 0.5) is 10.5 Å². The van der Waals surface area contributed by atoms with Gasteiger partial charge in [0.2, 0.25) is 0 Å². The van der Waals surface area contributed by atoms with Crippen LogP contribution in [0.5, 0.6) is 0 Å². The average molecular weight is 198 g/mol. The lowest BCUT2D eigenvalue weighted by Crippen LogP contribution is -2.24. The highest BCUT2D eigenvalue weighted by Gasteiger charge is 1.99. The number of hydrogen-bond donors (Lipinski definition) is 3. The minimum absolute atomic E-state index is 0.641. The van der Waals surface area contributed by atoms with Crippen molar-refractivity contribution in [1.29, 1.82) is 0 Å². The molecule has 0 atom stereocenters. The van der Waals surface area contributed by atoms with Gasteiger partial charge in [-0.25, -0.2) is 10.3 Å². The quantitative estimate of drug-likeness (QED) is 0.386. The van der Waals surface area contributed by atoms with Crippen LogP contribution in [0.1, 0.15) is 0 Å². The zero-order valence-electron chi connectivity index (χ0n) is 7.07. The Morgan fingerprint density at radius 3 is 2.92 bits per heavy atom. The number of carbonyl (C=O) groups excluding carboxylic acids is 1. The first kappa shape index (κ1) is 9.88. The fourth-order valence-electron chi connectivity index (χ4n) is 0.860. The maximum absolute atomic E-state index is 10.7. The lowest BCUT2D eigenvalue weighted by molar-refractivity contribution is 0.172. The second-order valence-corrected chi connectivity index (χ2v) is 3.18. The van der Waals surface area contributed by atoms with E-state index in [0.717, 1.165) is 4.90 Å². The van der Waals surface area contributed by atoms with E-state index in [1.807, 2.05) is 24.5 Å². The van der Waals surface area contributed by atoms with Crippen molar-refractivity contribution in [2.24, 2.45) is 0 Å². The number of nitrogens with one attached hydrogen (secondary N) is 2. The third-order valence-electron chi connectivity index (χ3n) is 1.43. The summed E-state index contributed by atoms with van der Waals surface area (Å²) in [6.45, 7) is 0. The van der Waals surface area contributed by atoms with Crippen LogP contribution in [0, 0.1) is 0 Å². The lowest BCUT2D eigenvalue weighted by Gasteiger charge is -2.04. The molecule has 0 saturated heterocycles. The smallest absolute Gasteiger partial charge is 0.306 e. The third kappa shape index (κ3) is 2.96. The second kappa shape index (κ2) is 4.74. The molecule has 2 amide bonds. The molecule has 0 spiro atoms. The van der Waals surface area contributed by atoms with Crippen molar-refractivity contribution < 1.29 is 10.0 Å². The van der Waals surface area contributed by atoms with E-state index in [9.17, 15) is 4.79 Å². The molecular weight excluding hydrogens is 188 g/mol. The molecule has 1 aromatic carbocycles. The molecule has 1 rings (SSSR count). The Bertz CT molecular complexity index is 304. The Labute approximate surface area is 80.3 Å². The molecule has 0 fully saturated rings. The maximum Gasteiger partial charge on any atom is 0.342 e. The Hall–Kier alpha value is -1.20. The molecule has 0 aliphatic rings. The SMILES string of the molecule is CSc1cccc(NC(=O)NO)c1. The van der Waals surface area contributed by atoms with E-state index in [1.54, 1.807) is 17.8 Å². The molecule has 0 unspecified atom stereocenters. The van der Waals surface area contributed by atoms with Crippen LogP contribution in [0.2, 0.25) is 0 Å². The van der Waals surface area contributed by atoms with Crippen LogP contribution in [-0.2, 0) is 0 Å². The molecule has 70 valence electrons. The molecule has 3 N–H and O–H groups in total. The van der Waals surface area contributed by atoms with Crippen molar-refractivity contribution >= 4 is 23.5 Å². The fraction of sp³-hybridized carbons (Fsp3) is 0.125. The van der Waals surface area contributed by atoms with Gasteiger partial charge in [-0.1, -0.05) is 6.07 Å². The average Bonchev–Trinajstić information content (AvgIpc) is 2.18. The summed E-state index contributed by atoms with van der Waals surface area (Å²) in [5.41, 5.74) is 2.15. The van der Waals surface area contributed by atoms with E-state index in [1.165, 1.54) is 5.48 Å². The molecule has 1 aromatic rings. The van der Waals surface area contributed by atoms with Gasteiger partial charge in [0.15, 0.2) is 0 Å². The Kier molecular flexibility index (Phi) is 3.60. The number of thioether (sulfide) groups is 1. The second-order valence-electron chi connectivity index (χ2n) is 2.30. The van der Waals surface area contributed by atoms with Crippen molar-refractivity contribution in [3.05, 3.63) is 24.3 Å². The van der Waals surface area contributed by atoms with Crippen LogP contribution >= 0.6 is 11.8 Å². The number of urea groups is 1. The largest absolute Gasteiger partial charge is 0.342 e. The zero-order valence-corrected chi connectivity index (χ0v) is 7.89. The molecule has 5 heteroatoms. The number of rotatable bonds is 2. The third-order valence-corrected chi connectivity index (χ3v) is 2.15. The van der Waals surface area contributed by atoms with Crippen molar-refractivity contribution in [1.82, 2.24) is 5.48 Å². The van der Waals surface area contributed by atoms with Gasteiger partial charge in [0.1, 0.15) is 0 Å². The summed E-state index contributed by atoms with van der Waals surface area (Å²) in [6, 6.07) is 6.69. The Morgan fingerprint density at radius 2 is 2.31 bits per heavy atom. The van der Waals surface area contributed by atoms with Gasteiger partial charge in [-0.3, -0.25) is 5.21 Å². The fourth-order valence-corrected chi connectivity index (χ4v) is 1.32. The number of hydroxylamine groups is 1. The Morgan fingerprint density at radius 1 is 1.54 bits per heavy atom. The lowest BCUT2D eigenvalue weighted by atomic mass is 10.3. The van der Waals surface area contributed by atoms with E-state index in [4.69, 9.17) is 5.21 Å². The van der Waals surface area contributed by atoms with E-state index < -0.39 is 6.03 Å². The first-order valence-electron chi connectivity index (χ1n) is 3.61. The monoisotopic (exact) mass is 198 g/mol. The van der Waals surface area contributed by atoms with Crippen LogP contribution in [0.15, 0.2) is 29.2 Å². The highest BCUT2D eigenvalue weighted by molar-refractivity contribution is 7.98. The summed E-state index contributed by atoms with van der Waals surface area (Å²) in [5.74, 6) is 0. The number of anilines is 1. The summed E-state index contributed by atoms with van der Waals surface area (Å²) in [5, 5.41) is 10.7. The standard InChI is InChI=1S/C8H10N2O2S/c1-13-7-4-2-3-6(5-7)9-8(11)10-12/h2-5,12H,1H3,(H2,9,10,11). The summed E-state index contributed by atoms with van der Waals surface area (Å²) in [6.07, 6.45) is 1.95. The van der Waals surface area contributed by atoms with Gasteiger partial charge in [-0.15, -0.1) is 11.8 Å². The molecule has 0 aromatic heterocycles. The normalized spacial score (nSPS) is 9.38. The Balaban J connectivity index is 2.71. The van der Waals surface area contributed by atoms with Crippen molar-refractivity contribution in [3.8, 4) is 0 Å². The predicted octanol–water partition coefficient (Wildman–Crippen LogP) is 1.92. The van der Waals surface area contributed by atoms with Gasteiger partial charge < -0.3 is 5.32 Å². The predicted molar refractivity (Wildman–Crippen MR) is 52.2 cm³/mol. The van der Waals surface area contributed by atoms with Gasteiger partial charge in [-0.2, -0.15) is 0 Å². The molecule has 0 radical (unpaired) electrons. The van der Waals surface area contributed by atoms with Crippen molar-refractivity contribution in [2.75, 3.05) is 11.6 Å². The number of carbonyl (C=O) groups is 1. The van der Waals surface area contributed by atoms with Gasteiger partial charge in [-0.05, 0) is 24.5 Å². The van der Waals surface area contributed by atoms with Crippen molar-refractivity contribution in [2.45, 2.75) is 4.90 Å². The van der Waals surface area contributed by atoms with Crippen LogP contribution in [-0.4, -0.2) is 17.5 Å². The minimum Gasteiger partial charge on any atom is -0.306 e. The minimum atomic E-state index is -0.641. The van der Waals surface area contributed by atoms with Gasteiger partial charge in [0.05, 0.1) is 0 Å². The highest BCUT2D eigenvalue weighted by atomic mass is 32.2. The molecule has 13 heavy (non-hydrogen) atoms. The molecule has 0 aliphatic heterocycles. The molecule has 4 nitrogen and oxygen atoms in total. The van der Waals surface area contributed by atoms with Gasteiger partial charge in [0.25, 0.3) is 0 Å². The molecule has 0 bridgehead atoms. The van der Waals surface area contributed by atoms with Gasteiger partial charge >= 0.3 is 6.03 Å². The van der Waals surface area contributed by atoms with E-state index in [2.05, 4.69) is 5.32 Å². The maximum atomic E-state index is 10.7. The van der Waals surface area contributed by atoms with Crippen LogP contribution < -0.4 is 10.8 Å². The van der Waals surface area contributed by atoms with Crippen LogP contribution in [0.3, 0.4) is 0 Å².